The van der Waals surface area contributed by atoms with Crippen molar-refractivity contribution in [2.45, 2.75) is 6.54 Å². The largest absolute Gasteiger partial charge is 0.494 e. The van der Waals surface area contributed by atoms with E-state index in [9.17, 15) is 4.39 Å². The maximum atomic E-state index is 13.2. The molecule has 0 saturated carbocycles. The van der Waals surface area contributed by atoms with Gasteiger partial charge in [0.25, 0.3) is 0 Å². The number of pyridine rings is 1. The Kier molecular flexibility index (Phi) is 4.37. The quantitative estimate of drug-likeness (QED) is 0.586. The van der Waals surface area contributed by atoms with Crippen LogP contribution in [0, 0.1) is 5.82 Å². The van der Waals surface area contributed by atoms with Crippen molar-refractivity contribution in [3.05, 3.63) is 60.6 Å². The SMILES string of the molecule is COc1cc(-c2ccc(F)cn2)cc2c(NCc3ccn(C)n3)ncnc12. The second kappa shape index (κ2) is 6.99. The van der Waals surface area contributed by atoms with E-state index in [2.05, 4.69) is 25.4 Å². The van der Waals surface area contributed by atoms with Crippen LogP contribution in [-0.4, -0.2) is 31.8 Å². The lowest BCUT2D eigenvalue weighted by Gasteiger charge is -2.12. The van der Waals surface area contributed by atoms with E-state index in [0.717, 1.165) is 16.6 Å². The Hall–Kier alpha value is -3.55. The fourth-order valence-electron chi connectivity index (χ4n) is 2.86. The fourth-order valence-corrected chi connectivity index (χ4v) is 2.86. The minimum absolute atomic E-state index is 0.382. The van der Waals surface area contributed by atoms with Crippen molar-refractivity contribution in [2.75, 3.05) is 12.4 Å². The first-order valence-electron chi connectivity index (χ1n) is 8.31. The van der Waals surface area contributed by atoms with Gasteiger partial charge in [-0.2, -0.15) is 5.10 Å². The van der Waals surface area contributed by atoms with E-state index in [1.54, 1.807) is 17.9 Å². The van der Waals surface area contributed by atoms with Gasteiger partial charge in [-0.25, -0.2) is 14.4 Å². The number of rotatable bonds is 5. The summed E-state index contributed by atoms with van der Waals surface area (Å²) in [6.45, 7) is 0.522. The maximum Gasteiger partial charge on any atom is 0.145 e. The van der Waals surface area contributed by atoms with Gasteiger partial charge in [0.05, 0.1) is 31.2 Å². The molecule has 7 nitrogen and oxygen atoms in total. The highest BCUT2D eigenvalue weighted by atomic mass is 19.1. The first-order valence-corrected chi connectivity index (χ1v) is 8.31. The van der Waals surface area contributed by atoms with Gasteiger partial charge in [0.1, 0.15) is 29.2 Å². The van der Waals surface area contributed by atoms with E-state index >= 15 is 0 Å². The number of benzene rings is 1. The zero-order chi connectivity index (χ0) is 18.8. The van der Waals surface area contributed by atoms with Gasteiger partial charge in [0, 0.05) is 24.2 Å². The van der Waals surface area contributed by atoms with Gasteiger partial charge in [-0.15, -0.1) is 0 Å². The number of ether oxygens (including phenoxy) is 1. The lowest BCUT2D eigenvalue weighted by Crippen LogP contribution is -2.04. The first-order chi connectivity index (χ1) is 13.1. The van der Waals surface area contributed by atoms with E-state index in [-0.39, 0.29) is 5.82 Å². The van der Waals surface area contributed by atoms with E-state index in [1.807, 2.05) is 31.4 Å². The molecule has 0 aliphatic heterocycles. The van der Waals surface area contributed by atoms with Crippen LogP contribution < -0.4 is 10.1 Å². The van der Waals surface area contributed by atoms with Crippen molar-refractivity contribution in [3.63, 3.8) is 0 Å². The Morgan fingerprint density at radius 1 is 1.15 bits per heavy atom. The zero-order valence-electron chi connectivity index (χ0n) is 14.8. The number of halogens is 1. The molecule has 0 aliphatic carbocycles. The van der Waals surface area contributed by atoms with Crippen LogP contribution in [0.2, 0.25) is 0 Å². The summed E-state index contributed by atoms with van der Waals surface area (Å²) in [6.07, 6.45) is 4.56. The number of anilines is 1. The third-order valence-corrected chi connectivity index (χ3v) is 4.15. The third kappa shape index (κ3) is 3.41. The number of aromatic nitrogens is 5. The summed E-state index contributed by atoms with van der Waals surface area (Å²) in [7, 11) is 3.45. The average Bonchev–Trinajstić information content (AvgIpc) is 3.11. The molecular formula is C19H17FN6O. The second-order valence-electron chi connectivity index (χ2n) is 5.99. The van der Waals surface area contributed by atoms with Gasteiger partial charge >= 0.3 is 0 Å². The second-order valence-corrected chi connectivity index (χ2v) is 5.99. The minimum Gasteiger partial charge on any atom is -0.494 e. The first kappa shape index (κ1) is 16.9. The van der Waals surface area contributed by atoms with Crippen LogP contribution in [0.15, 0.2) is 49.1 Å². The van der Waals surface area contributed by atoms with Crippen molar-refractivity contribution in [2.24, 2.45) is 7.05 Å². The minimum atomic E-state index is -0.382. The topological polar surface area (TPSA) is 77.8 Å². The molecular weight excluding hydrogens is 347 g/mol. The van der Waals surface area contributed by atoms with Crippen molar-refractivity contribution in [1.82, 2.24) is 24.7 Å². The van der Waals surface area contributed by atoms with Crippen LogP contribution in [0.1, 0.15) is 5.69 Å². The smallest absolute Gasteiger partial charge is 0.145 e. The van der Waals surface area contributed by atoms with Crippen LogP contribution in [0.3, 0.4) is 0 Å². The lowest BCUT2D eigenvalue weighted by molar-refractivity contribution is 0.419. The standard InChI is InChI=1S/C19H17FN6O/c1-26-6-5-14(25-26)10-22-19-15-7-12(16-4-3-13(20)9-21-16)8-17(27-2)18(15)23-11-24-19/h3-9,11H,10H2,1-2H3,(H,22,23,24). The molecule has 0 aliphatic rings. The van der Waals surface area contributed by atoms with E-state index in [0.29, 0.717) is 29.3 Å². The summed E-state index contributed by atoms with van der Waals surface area (Å²) in [5, 5.41) is 8.43. The Morgan fingerprint density at radius 2 is 2.04 bits per heavy atom. The summed E-state index contributed by atoms with van der Waals surface area (Å²) in [5.41, 5.74) is 3.00. The van der Waals surface area contributed by atoms with Gasteiger partial charge in [0.2, 0.25) is 0 Å². The van der Waals surface area contributed by atoms with E-state index < -0.39 is 0 Å². The average molecular weight is 364 g/mol. The molecule has 0 radical (unpaired) electrons. The number of nitrogens with zero attached hydrogens (tertiary/aromatic N) is 5. The summed E-state index contributed by atoms with van der Waals surface area (Å²) in [6, 6.07) is 8.68. The molecule has 0 amide bonds. The highest BCUT2D eigenvalue weighted by molar-refractivity contribution is 5.96. The van der Waals surface area contributed by atoms with Gasteiger partial charge in [-0.3, -0.25) is 9.67 Å². The van der Waals surface area contributed by atoms with Gasteiger partial charge in [-0.05, 0) is 30.3 Å². The molecule has 3 heterocycles. The van der Waals surface area contributed by atoms with Crippen LogP contribution in [0.5, 0.6) is 5.75 Å². The fraction of sp³-hybridized carbons (Fsp3) is 0.158. The van der Waals surface area contributed by atoms with Crippen LogP contribution in [-0.2, 0) is 13.6 Å². The van der Waals surface area contributed by atoms with Crippen molar-refractivity contribution >= 4 is 16.7 Å². The molecule has 1 N–H and O–H groups in total. The Labute approximate surface area is 154 Å². The summed E-state index contributed by atoms with van der Waals surface area (Å²) in [4.78, 5) is 12.9. The van der Waals surface area contributed by atoms with Gasteiger partial charge < -0.3 is 10.1 Å². The Morgan fingerprint density at radius 3 is 2.74 bits per heavy atom. The molecule has 4 aromatic rings. The predicted molar refractivity (Wildman–Crippen MR) is 99.8 cm³/mol. The molecule has 0 unspecified atom stereocenters. The molecule has 0 fully saturated rings. The summed E-state index contributed by atoms with van der Waals surface area (Å²) in [5.74, 6) is 0.873. The Balaban J connectivity index is 1.77. The number of hydrogen-bond donors (Lipinski definition) is 1. The van der Waals surface area contributed by atoms with E-state index in [4.69, 9.17) is 4.74 Å². The van der Waals surface area contributed by atoms with Crippen molar-refractivity contribution < 1.29 is 9.13 Å². The Bertz CT molecular complexity index is 1090. The third-order valence-electron chi connectivity index (χ3n) is 4.15. The molecule has 27 heavy (non-hydrogen) atoms. The lowest BCUT2D eigenvalue weighted by atomic mass is 10.1. The summed E-state index contributed by atoms with van der Waals surface area (Å²) < 4.78 is 20.4. The number of methoxy groups -OCH3 is 1. The number of fused-ring (bicyclic) bond motifs is 1. The molecule has 136 valence electrons. The molecule has 1 aromatic carbocycles. The number of nitrogens with one attached hydrogen (secondary N) is 1. The van der Waals surface area contributed by atoms with Crippen molar-refractivity contribution in [3.8, 4) is 17.0 Å². The molecule has 0 bridgehead atoms. The van der Waals surface area contributed by atoms with Crippen molar-refractivity contribution in [1.29, 1.82) is 0 Å². The number of hydrogen-bond acceptors (Lipinski definition) is 6. The molecule has 4 rings (SSSR count). The normalized spacial score (nSPS) is 10.9. The molecule has 3 aromatic heterocycles. The number of aryl methyl sites for hydroxylation is 1. The molecule has 8 heteroatoms. The predicted octanol–water partition coefficient (Wildman–Crippen LogP) is 3.19. The highest BCUT2D eigenvalue weighted by Gasteiger charge is 2.13. The highest BCUT2D eigenvalue weighted by Crippen LogP contribution is 2.33. The van der Waals surface area contributed by atoms with Gasteiger partial charge in [-0.1, -0.05) is 0 Å². The van der Waals surface area contributed by atoms with E-state index in [1.165, 1.54) is 18.6 Å². The monoisotopic (exact) mass is 364 g/mol. The molecule has 0 spiro atoms. The molecule has 0 atom stereocenters. The van der Waals surface area contributed by atoms with Crippen LogP contribution in [0.25, 0.3) is 22.2 Å². The van der Waals surface area contributed by atoms with Crippen LogP contribution >= 0.6 is 0 Å². The zero-order valence-corrected chi connectivity index (χ0v) is 14.8. The summed E-state index contributed by atoms with van der Waals surface area (Å²) >= 11 is 0. The van der Waals surface area contributed by atoms with Gasteiger partial charge in [0.15, 0.2) is 0 Å². The molecule has 0 saturated heterocycles. The van der Waals surface area contributed by atoms with Crippen LogP contribution in [0.4, 0.5) is 10.2 Å². The maximum absolute atomic E-state index is 13.2.